The summed E-state index contributed by atoms with van der Waals surface area (Å²) in [5.41, 5.74) is 2.62. The van der Waals surface area contributed by atoms with Crippen molar-refractivity contribution in [2.24, 2.45) is 0 Å². The number of benzene rings is 3. The average Bonchev–Trinajstić information content (AvgIpc) is 3.73. The molecule has 3 aromatic rings. The quantitative estimate of drug-likeness (QED) is 0.420. The van der Waals surface area contributed by atoms with Crippen molar-refractivity contribution >= 4 is 41.1 Å². The van der Waals surface area contributed by atoms with Gasteiger partial charge in [-0.05, 0) is 53.6 Å². The smallest absolute Gasteiger partial charge is 0.410 e. The molecule has 0 aliphatic carbocycles. The van der Waals surface area contributed by atoms with Crippen molar-refractivity contribution < 1.29 is 43.3 Å². The van der Waals surface area contributed by atoms with Crippen LogP contribution in [0.25, 0.3) is 0 Å². The number of ether oxygens (including phenoxy) is 2. The lowest BCUT2D eigenvalue weighted by Crippen LogP contribution is -2.83. The Labute approximate surface area is 250 Å². The highest BCUT2D eigenvalue weighted by Gasteiger charge is 2.66. The number of amides is 4. The zero-order chi connectivity index (χ0) is 30.8. The number of carbonyl (C=O) groups is 4. The van der Waals surface area contributed by atoms with E-state index >= 15 is 9.59 Å². The molecule has 3 aromatic carbocycles. The highest BCUT2D eigenvalue weighted by molar-refractivity contribution is 6.02. The molecule has 13 nitrogen and oxygen atoms in total. The summed E-state index contributed by atoms with van der Waals surface area (Å²) >= 11 is 0. The molecule has 4 bridgehead atoms. The fourth-order valence-corrected chi connectivity index (χ4v) is 6.75. The van der Waals surface area contributed by atoms with Crippen molar-refractivity contribution in [3.05, 3.63) is 89.7 Å². The Morgan fingerprint density at radius 3 is 1.43 bits per heavy atom. The maximum atomic E-state index is 15.1. The summed E-state index contributed by atoms with van der Waals surface area (Å²) < 4.78 is 24.0. The second-order valence-corrected chi connectivity index (χ2v) is 11.2. The Morgan fingerprint density at radius 2 is 1.09 bits per heavy atom. The predicted molar refractivity (Wildman–Crippen MR) is 152 cm³/mol. The first-order valence-electron chi connectivity index (χ1n) is 13.9. The summed E-state index contributed by atoms with van der Waals surface area (Å²) in [6.07, 6.45) is -2.68. The molecule has 226 valence electrons. The molecule has 2 saturated heterocycles. The van der Waals surface area contributed by atoms with Crippen LogP contribution in [0.5, 0.6) is 0 Å². The van der Waals surface area contributed by atoms with E-state index in [0.29, 0.717) is 11.4 Å². The first kappa shape index (κ1) is 27.9. The Bertz CT molecular complexity index is 1570. The first-order valence-corrected chi connectivity index (χ1v) is 13.9. The molecule has 0 spiro atoms. The molecule has 2 N–H and O–H groups in total. The van der Waals surface area contributed by atoms with Gasteiger partial charge in [-0.25, -0.2) is 23.6 Å². The number of hydrogen-bond acceptors (Lipinski definition) is 7. The van der Waals surface area contributed by atoms with Gasteiger partial charge in [0.15, 0.2) is 23.5 Å². The monoisotopic (exact) mass is 605 g/mol. The summed E-state index contributed by atoms with van der Waals surface area (Å²) in [4.78, 5) is 56.4. The van der Waals surface area contributed by atoms with E-state index in [1.165, 1.54) is 24.3 Å². The summed E-state index contributed by atoms with van der Waals surface area (Å²) in [7, 11) is 0. The molecule has 44 heavy (non-hydrogen) atoms. The lowest BCUT2D eigenvalue weighted by atomic mass is 10.0. The standard InChI is InChI=1S/C30H26FN5O8/c31-21-5-7-22(8-6-21)34(35(13-19-1-9-23(35)10-2-19)27(37)25-15-43-17-32(25)29(39)40)36(14-20-3-11-24(36)12-4-20)28(38)26-16-44-18-33(26)30(41)42/h1-12,25-26H,13-18H2/p+2/t25-,26-,35?,36?/m0/s1. The van der Waals surface area contributed by atoms with Crippen LogP contribution in [0.1, 0.15) is 11.1 Å². The minimum Gasteiger partial charge on any atom is -0.465 e. The van der Waals surface area contributed by atoms with E-state index in [1.807, 2.05) is 24.3 Å². The number of carbonyl (C=O) groups excluding carboxylic acids is 2. The number of carboxylic acid groups (broad SMARTS) is 2. The summed E-state index contributed by atoms with van der Waals surface area (Å²) in [5, 5.41) is 21.5. The van der Waals surface area contributed by atoms with Gasteiger partial charge in [0, 0.05) is 35.4 Å². The highest BCUT2D eigenvalue weighted by Crippen LogP contribution is 2.47. The zero-order valence-corrected chi connectivity index (χ0v) is 23.3. The van der Waals surface area contributed by atoms with Gasteiger partial charge in [-0.1, -0.05) is 9.18 Å². The van der Waals surface area contributed by atoms with Crippen LogP contribution in [0.15, 0.2) is 72.8 Å². The topological polar surface area (TPSA) is 137 Å². The molecule has 4 atom stereocenters. The maximum absolute atomic E-state index is 15.1. The second kappa shape index (κ2) is 10.1. The number of nitrogens with zero attached hydrogens (tertiary/aromatic N) is 5. The molecule has 6 heterocycles. The third-order valence-corrected chi connectivity index (χ3v) is 8.81. The van der Waals surface area contributed by atoms with Crippen molar-refractivity contribution in [2.45, 2.75) is 25.2 Å². The highest BCUT2D eigenvalue weighted by atomic mass is 19.1. The summed E-state index contributed by atoms with van der Waals surface area (Å²) in [6.45, 7) is -1.02. The molecule has 2 unspecified atom stereocenters. The van der Waals surface area contributed by atoms with Crippen LogP contribution >= 0.6 is 0 Å². The number of hydrogen-bond donors (Lipinski definition) is 2. The predicted octanol–water partition coefficient (Wildman–Crippen LogP) is 3.23. The van der Waals surface area contributed by atoms with Gasteiger partial charge in [-0.3, -0.25) is 9.80 Å². The van der Waals surface area contributed by atoms with Gasteiger partial charge in [-0.2, -0.15) is 0 Å². The third kappa shape index (κ3) is 3.92. The molecule has 0 saturated carbocycles. The van der Waals surface area contributed by atoms with E-state index < -0.39 is 51.1 Å². The van der Waals surface area contributed by atoms with Crippen LogP contribution in [0, 0.1) is 5.82 Å². The third-order valence-electron chi connectivity index (χ3n) is 8.81. The Balaban J connectivity index is 1.52. The van der Waals surface area contributed by atoms with Crippen LogP contribution < -0.4 is 14.3 Å². The van der Waals surface area contributed by atoms with Crippen molar-refractivity contribution in [1.82, 2.24) is 19.0 Å². The number of halogens is 1. The average molecular weight is 606 g/mol. The first-order chi connectivity index (χ1) is 21.2. The van der Waals surface area contributed by atoms with Gasteiger partial charge < -0.3 is 19.7 Å². The van der Waals surface area contributed by atoms with Gasteiger partial charge in [0.25, 0.3) is 0 Å². The van der Waals surface area contributed by atoms with Gasteiger partial charge in [0.05, 0.1) is 13.2 Å². The lowest BCUT2D eigenvalue weighted by molar-refractivity contribution is -0.146. The Morgan fingerprint density at radius 1 is 0.682 bits per heavy atom. The van der Waals surface area contributed by atoms with E-state index in [-0.39, 0.29) is 45.5 Å². The molecule has 2 fully saturated rings. The van der Waals surface area contributed by atoms with Crippen LogP contribution in [-0.4, -0.2) is 82.8 Å². The number of rotatable bonds is 5. The Kier molecular flexibility index (Phi) is 6.40. The summed E-state index contributed by atoms with van der Waals surface area (Å²) in [6, 6.07) is 17.2. The molecular formula is C30H28FN5O8+2. The molecule has 4 amide bonds. The Hall–Kier alpha value is -4.89. The zero-order valence-electron chi connectivity index (χ0n) is 23.3. The van der Waals surface area contributed by atoms with Crippen LogP contribution in [0.3, 0.4) is 0 Å². The molecule has 6 aliphatic rings. The number of quaternary nitrogens is 2. The molecule has 14 heteroatoms. The van der Waals surface area contributed by atoms with E-state index in [2.05, 4.69) is 0 Å². The lowest BCUT2D eigenvalue weighted by Gasteiger charge is -2.53. The van der Waals surface area contributed by atoms with Gasteiger partial charge >= 0.3 is 24.0 Å². The van der Waals surface area contributed by atoms with Crippen LogP contribution in [0.2, 0.25) is 0 Å². The fraction of sp³-hybridized carbons (Fsp3) is 0.267. The fourth-order valence-electron chi connectivity index (χ4n) is 6.75. The van der Waals surface area contributed by atoms with E-state index in [1.54, 1.807) is 29.4 Å². The molecule has 9 rings (SSSR count). The van der Waals surface area contributed by atoms with Crippen molar-refractivity contribution in [3.8, 4) is 0 Å². The van der Waals surface area contributed by atoms with E-state index in [0.717, 1.165) is 20.9 Å². The van der Waals surface area contributed by atoms with Crippen LogP contribution in [-0.2, 0) is 32.2 Å². The number of anilines is 1. The number of fused-ring (bicyclic) bond motifs is 6. The van der Waals surface area contributed by atoms with E-state index in [9.17, 15) is 24.2 Å². The molecule has 6 aliphatic heterocycles. The van der Waals surface area contributed by atoms with Gasteiger partial charge in [0.2, 0.25) is 0 Å². The second-order valence-electron chi connectivity index (χ2n) is 11.2. The minimum atomic E-state index is -1.34. The maximum Gasteiger partial charge on any atom is 0.410 e. The van der Waals surface area contributed by atoms with Gasteiger partial charge in [0.1, 0.15) is 38.1 Å². The normalized spacial score (nSPS) is 26.7. The van der Waals surface area contributed by atoms with Crippen molar-refractivity contribution in [3.63, 3.8) is 0 Å². The molecular weight excluding hydrogens is 577 g/mol. The van der Waals surface area contributed by atoms with Gasteiger partial charge in [-0.15, -0.1) is 0 Å². The minimum absolute atomic E-state index is 0.00956. The van der Waals surface area contributed by atoms with Crippen LogP contribution in [0.4, 0.5) is 31.0 Å². The SMILES string of the molecule is O=C(O)N1COC[C@H]1C(=O)[N+]1(N(c2ccc(F)cc2)[N+]2(C(=O)[C@@H]3COCN3C(=O)O)Cc3ccc2cc3)Cc2ccc1cc2. The summed E-state index contributed by atoms with van der Waals surface area (Å²) in [5.74, 6) is -1.71. The molecule has 0 aromatic heterocycles. The van der Waals surface area contributed by atoms with E-state index in [4.69, 9.17) is 9.47 Å². The van der Waals surface area contributed by atoms with Crippen molar-refractivity contribution in [1.29, 1.82) is 0 Å². The van der Waals surface area contributed by atoms with Crippen molar-refractivity contribution in [2.75, 3.05) is 31.8 Å². The largest absolute Gasteiger partial charge is 0.465 e. The molecule has 0 radical (unpaired) electrons.